The average Bonchev–Trinajstić information content (AvgIpc) is 3.42. The van der Waals surface area contributed by atoms with Crippen molar-refractivity contribution >= 4 is 115 Å². The van der Waals surface area contributed by atoms with Gasteiger partial charge in [-0.15, -0.1) is 0 Å². The first-order valence-corrected chi connectivity index (χ1v) is 13.6. The second kappa shape index (κ2) is 12.0. The van der Waals surface area contributed by atoms with E-state index in [0.29, 0.717) is 23.5 Å². The van der Waals surface area contributed by atoms with E-state index in [1.807, 2.05) is 0 Å². The lowest BCUT2D eigenvalue weighted by molar-refractivity contribution is -0.133. The Hall–Kier alpha value is -3.00. The Morgan fingerprint density at radius 1 is 0.744 bits per heavy atom. The van der Waals surface area contributed by atoms with Crippen LogP contribution in [0.25, 0.3) is 0 Å². The molecular weight excluding hydrogens is 632 g/mol. The van der Waals surface area contributed by atoms with Gasteiger partial charge in [-0.05, 0) is 47.8 Å². The van der Waals surface area contributed by atoms with Crippen LogP contribution in [0.1, 0.15) is 0 Å². The molecule has 0 radical (unpaired) electrons. The van der Waals surface area contributed by atoms with Gasteiger partial charge < -0.3 is 21.1 Å². The Labute approximate surface area is 248 Å². The predicted molar refractivity (Wildman–Crippen MR) is 156 cm³/mol. The Morgan fingerprint density at radius 2 is 1.13 bits per heavy atom. The number of hydrogen-bond acceptors (Lipinski definition) is 8. The second-order valence-corrected chi connectivity index (χ2v) is 11.0. The lowest BCUT2D eigenvalue weighted by Gasteiger charge is -2.13. The number of likely N-dealkylation sites (N-methyl/N-ethyl adjacent to an activating group) is 1. The van der Waals surface area contributed by atoms with E-state index in [9.17, 15) is 24.3 Å². The molecule has 0 aromatic heterocycles. The highest BCUT2D eigenvalue weighted by atomic mass is 35.5. The molecule has 0 bridgehead atoms. The summed E-state index contributed by atoms with van der Waals surface area (Å²) in [6, 6.07) is 9.45. The number of benzene rings is 2. The predicted octanol–water partition coefficient (Wildman–Crippen LogP) is 5.42. The van der Waals surface area contributed by atoms with Crippen molar-refractivity contribution in [1.29, 1.82) is 0 Å². The standard InChI is InChI=1S/C23H13Cl4N5O5S2/c1-28-18(33)12(16-19(34)31-22(38-16)29-14-8(24)4-2-5-9(14)25)13(21(36)37)17-20(35)32-23(39-17)30-15-10(26)6-3-7-11(15)27/h2-7H,1H3,(H,28,33)(H,36,37)(H,29,31,34)(H,30,32,35). The Bertz CT molecular complexity index is 1550. The van der Waals surface area contributed by atoms with Gasteiger partial charge in [0.1, 0.15) is 0 Å². The minimum atomic E-state index is -1.65. The minimum Gasteiger partial charge on any atom is -0.478 e. The number of rotatable bonds is 5. The normalized spacial score (nSPS) is 17.5. The summed E-state index contributed by atoms with van der Waals surface area (Å²) in [5, 5.41) is 18.9. The van der Waals surface area contributed by atoms with Crippen molar-refractivity contribution in [1.82, 2.24) is 5.32 Å². The number of carbonyl (C=O) groups is 4. The van der Waals surface area contributed by atoms with Crippen LogP contribution in [0.15, 0.2) is 67.3 Å². The highest BCUT2D eigenvalue weighted by Gasteiger charge is 2.38. The lowest BCUT2D eigenvalue weighted by atomic mass is 10.0. The number of carbonyl (C=O) groups excluding carboxylic acids is 3. The molecule has 4 N–H and O–H groups in total. The largest absolute Gasteiger partial charge is 0.478 e. The monoisotopic (exact) mass is 643 g/mol. The van der Waals surface area contributed by atoms with Crippen molar-refractivity contribution in [2.24, 2.45) is 9.98 Å². The first-order chi connectivity index (χ1) is 18.5. The smallest absolute Gasteiger partial charge is 0.337 e. The van der Waals surface area contributed by atoms with Crippen molar-refractivity contribution in [2.75, 3.05) is 17.7 Å². The zero-order chi connectivity index (χ0) is 28.4. The number of nitrogens with zero attached hydrogens (tertiary/aromatic N) is 2. The van der Waals surface area contributed by atoms with Gasteiger partial charge in [-0.3, -0.25) is 14.4 Å². The maximum absolute atomic E-state index is 12.9. The second-order valence-electron chi connectivity index (χ2n) is 7.38. The van der Waals surface area contributed by atoms with E-state index in [-0.39, 0.29) is 46.7 Å². The SMILES string of the molecule is CNC(=O)C(=C1SC(Nc2c(Cl)cccc2Cl)=NC1=O)C(C(=O)O)=C1SC(Nc2c(Cl)cccc2Cl)=NC1=O. The third kappa shape index (κ3) is 6.11. The highest BCUT2D eigenvalue weighted by molar-refractivity contribution is 8.19. The van der Waals surface area contributed by atoms with Crippen molar-refractivity contribution in [2.45, 2.75) is 0 Å². The van der Waals surface area contributed by atoms with Crippen LogP contribution >= 0.6 is 69.9 Å². The third-order valence-electron chi connectivity index (χ3n) is 4.95. The van der Waals surface area contributed by atoms with Crippen LogP contribution in [-0.2, 0) is 19.2 Å². The summed E-state index contributed by atoms with van der Waals surface area (Å²) >= 11 is 26.0. The number of halogens is 4. The van der Waals surface area contributed by atoms with Crippen LogP contribution in [0.4, 0.5) is 11.4 Å². The van der Waals surface area contributed by atoms with Crippen molar-refractivity contribution < 1.29 is 24.3 Å². The van der Waals surface area contributed by atoms with E-state index in [4.69, 9.17) is 46.4 Å². The number of aliphatic carboxylic acids is 1. The van der Waals surface area contributed by atoms with E-state index in [1.54, 1.807) is 36.4 Å². The number of thioether (sulfide) groups is 2. The molecule has 0 unspecified atom stereocenters. The van der Waals surface area contributed by atoms with E-state index in [1.165, 1.54) is 7.05 Å². The summed E-state index contributed by atoms with van der Waals surface area (Å²) in [5.41, 5.74) is -0.817. The molecule has 200 valence electrons. The molecule has 2 aromatic carbocycles. The molecular formula is C23H13Cl4N5O5S2. The molecule has 4 rings (SSSR count). The number of carboxylic acids is 1. The van der Waals surface area contributed by atoms with Crippen LogP contribution in [-0.4, -0.2) is 46.2 Å². The van der Waals surface area contributed by atoms with E-state index < -0.39 is 39.7 Å². The van der Waals surface area contributed by atoms with Crippen LogP contribution < -0.4 is 16.0 Å². The lowest BCUT2D eigenvalue weighted by Crippen LogP contribution is -2.26. The molecule has 2 aliphatic rings. The maximum atomic E-state index is 12.9. The molecule has 39 heavy (non-hydrogen) atoms. The number of carboxylic acid groups (broad SMARTS) is 1. The fourth-order valence-corrected chi connectivity index (χ4v) is 6.04. The van der Waals surface area contributed by atoms with Crippen LogP contribution in [0.3, 0.4) is 0 Å². The van der Waals surface area contributed by atoms with Crippen LogP contribution in [0, 0.1) is 0 Å². The quantitative estimate of drug-likeness (QED) is 0.313. The Morgan fingerprint density at radius 3 is 1.49 bits per heavy atom. The summed E-state index contributed by atoms with van der Waals surface area (Å²) in [6.07, 6.45) is 0. The number of nitrogens with one attached hydrogen (secondary N) is 3. The van der Waals surface area contributed by atoms with Crippen LogP contribution in [0.2, 0.25) is 20.1 Å². The molecule has 2 heterocycles. The van der Waals surface area contributed by atoms with Gasteiger partial charge in [-0.2, -0.15) is 9.98 Å². The Balaban J connectivity index is 1.73. The van der Waals surface area contributed by atoms with Crippen molar-refractivity contribution in [3.63, 3.8) is 0 Å². The number of anilines is 2. The number of amidine groups is 2. The summed E-state index contributed by atoms with van der Waals surface area (Å²) in [6.45, 7) is 0. The molecule has 0 atom stereocenters. The first kappa shape index (κ1) is 29.0. The van der Waals surface area contributed by atoms with Crippen molar-refractivity contribution in [3.05, 3.63) is 77.4 Å². The zero-order valence-corrected chi connectivity index (χ0v) is 23.9. The number of amides is 3. The van der Waals surface area contributed by atoms with E-state index in [2.05, 4.69) is 25.9 Å². The molecule has 16 heteroatoms. The average molecular weight is 645 g/mol. The summed E-state index contributed by atoms with van der Waals surface area (Å²) < 4.78 is 0. The van der Waals surface area contributed by atoms with Gasteiger partial charge >= 0.3 is 5.97 Å². The van der Waals surface area contributed by atoms with Gasteiger partial charge in [0.05, 0.1) is 52.4 Å². The van der Waals surface area contributed by atoms with Gasteiger partial charge in [-0.1, -0.05) is 58.5 Å². The maximum Gasteiger partial charge on any atom is 0.337 e. The molecule has 2 aromatic rings. The topological polar surface area (TPSA) is 149 Å². The van der Waals surface area contributed by atoms with Gasteiger partial charge in [0.15, 0.2) is 10.3 Å². The summed E-state index contributed by atoms with van der Waals surface area (Å²) in [5.74, 6) is -4.45. The third-order valence-corrected chi connectivity index (χ3v) is 8.15. The van der Waals surface area contributed by atoms with Crippen LogP contribution in [0.5, 0.6) is 0 Å². The summed E-state index contributed by atoms with van der Waals surface area (Å²) in [4.78, 5) is 58.0. The number of para-hydroxylation sites is 2. The molecule has 10 nitrogen and oxygen atoms in total. The zero-order valence-electron chi connectivity index (χ0n) is 19.3. The Kier molecular flexibility index (Phi) is 8.94. The van der Waals surface area contributed by atoms with E-state index in [0.717, 1.165) is 0 Å². The highest BCUT2D eigenvalue weighted by Crippen LogP contribution is 2.40. The minimum absolute atomic E-state index is 0.0153. The van der Waals surface area contributed by atoms with Gasteiger partial charge in [0, 0.05) is 7.05 Å². The van der Waals surface area contributed by atoms with Gasteiger partial charge in [-0.25, -0.2) is 4.79 Å². The molecule has 2 aliphatic heterocycles. The summed E-state index contributed by atoms with van der Waals surface area (Å²) in [7, 11) is 1.24. The first-order valence-electron chi connectivity index (χ1n) is 10.5. The van der Waals surface area contributed by atoms with Gasteiger partial charge in [0.25, 0.3) is 17.7 Å². The van der Waals surface area contributed by atoms with Gasteiger partial charge in [0.2, 0.25) is 0 Å². The van der Waals surface area contributed by atoms with Crippen molar-refractivity contribution in [3.8, 4) is 0 Å². The van der Waals surface area contributed by atoms with E-state index >= 15 is 0 Å². The molecule has 0 saturated carbocycles. The molecule has 3 amide bonds. The molecule has 0 aliphatic carbocycles. The molecule has 0 fully saturated rings. The fraction of sp³-hybridized carbons (Fsp3) is 0.0435. The molecule has 0 saturated heterocycles. The number of hydrogen-bond donors (Lipinski definition) is 4. The fourth-order valence-electron chi connectivity index (χ4n) is 3.26. The molecule has 0 spiro atoms. The number of aliphatic imine (C=N–C) groups is 2.